The monoisotopic (exact) mass is 326 g/mol. The van der Waals surface area contributed by atoms with Gasteiger partial charge in [-0.25, -0.2) is 0 Å². The number of benzene rings is 2. The predicted molar refractivity (Wildman–Crippen MR) is 89.1 cm³/mol. The summed E-state index contributed by atoms with van der Waals surface area (Å²) < 4.78 is 10.5. The van der Waals surface area contributed by atoms with Gasteiger partial charge in [0.15, 0.2) is 11.5 Å². The molecule has 0 saturated carbocycles. The van der Waals surface area contributed by atoms with E-state index in [4.69, 9.17) is 9.47 Å². The number of hydrogen-bond acceptors (Lipinski definition) is 4. The maximum absolute atomic E-state index is 12.4. The molecule has 24 heavy (non-hydrogen) atoms. The number of nitrogens with one attached hydrogen (secondary N) is 1. The Hall–Kier alpha value is -3.02. The first-order chi connectivity index (χ1) is 11.5. The number of ether oxygens (including phenoxy) is 2. The third-order valence-electron chi connectivity index (χ3n) is 3.78. The van der Waals surface area contributed by atoms with Crippen molar-refractivity contribution in [2.75, 3.05) is 19.2 Å². The number of amides is 2. The summed E-state index contributed by atoms with van der Waals surface area (Å²) in [4.78, 5) is 25.3. The maximum atomic E-state index is 12.4. The van der Waals surface area contributed by atoms with Crippen LogP contribution >= 0.6 is 0 Å². The van der Waals surface area contributed by atoms with Gasteiger partial charge < -0.3 is 19.7 Å². The lowest BCUT2D eigenvalue weighted by Crippen LogP contribution is -2.23. The summed E-state index contributed by atoms with van der Waals surface area (Å²) >= 11 is 0. The van der Waals surface area contributed by atoms with Crippen molar-refractivity contribution >= 4 is 17.5 Å². The van der Waals surface area contributed by atoms with Crippen LogP contribution in [0, 0.1) is 0 Å². The van der Waals surface area contributed by atoms with Crippen LogP contribution in [0.3, 0.4) is 0 Å². The van der Waals surface area contributed by atoms with Gasteiger partial charge in [-0.05, 0) is 35.9 Å². The summed E-state index contributed by atoms with van der Waals surface area (Å²) in [6, 6.07) is 12.5. The zero-order valence-electron chi connectivity index (χ0n) is 13.5. The molecule has 6 nitrogen and oxygen atoms in total. The molecule has 124 valence electrons. The Morgan fingerprint density at radius 2 is 1.92 bits per heavy atom. The van der Waals surface area contributed by atoms with Gasteiger partial charge in [0.2, 0.25) is 12.7 Å². The molecule has 2 aromatic carbocycles. The van der Waals surface area contributed by atoms with E-state index in [0.29, 0.717) is 29.3 Å². The molecule has 0 saturated heterocycles. The molecule has 0 bridgehead atoms. The van der Waals surface area contributed by atoms with Crippen LogP contribution in [0.25, 0.3) is 0 Å². The van der Waals surface area contributed by atoms with Gasteiger partial charge in [-0.2, -0.15) is 0 Å². The topological polar surface area (TPSA) is 67.9 Å². The highest BCUT2D eigenvalue weighted by Gasteiger charge is 2.16. The van der Waals surface area contributed by atoms with Crippen molar-refractivity contribution in [3.05, 3.63) is 53.6 Å². The largest absolute Gasteiger partial charge is 0.454 e. The lowest BCUT2D eigenvalue weighted by atomic mass is 10.1. The average molecular weight is 326 g/mol. The lowest BCUT2D eigenvalue weighted by Gasteiger charge is -2.15. The van der Waals surface area contributed by atoms with Crippen LogP contribution in [0.4, 0.5) is 5.69 Å². The van der Waals surface area contributed by atoms with E-state index in [1.54, 1.807) is 30.1 Å². The number of carbonyl (C=O) groups is 2. The Balaban J connectivity index is 1.71. The van der Waals surface area contributed by atoms with Crippen LogP contribution in [-0.2, 0) is 11.3 Å². The van der Waals surface area contributed by atoms with Crippen molar-refractivity contribution in [2.45, 2.75) is 13.5 Å². The van der Waals surface area contributed by atoms with E-state index in [0.717, 1.165) is 5.56 Å². The molecule has 1 N–H and O–H groups in total. The number of hydrogen-bond donors (Lipinski definition) is 1. The van der Waals surface area contributed by atoms with E-state index in [1.807, 2.05) is 24.3 Å². The summed E-state index contributed by atoms with van der Waals surface area (Å²) in [6.07, 6.45) is 0. The van der Waals surface area contributed by atoms with Crippen molar-refractivity contribution in [1.29, 1.82) is 0 Å². The Morgan fingerprint density at radius 1 is 1.12 bits per heavy atom. The van der Waals surface area contributed by atoms with Crippen molar-refractivity contribution < 1.29 is 19.1 Å². The fourth-order valence-electron chi connectivity index (χ4n) is 2.37. The summed E-state index contributed by atoms with van der Waals surface area (Å²) in [7, 11) is 1.74. The van der Waals surface area contributed by atoms with Gasteiger partial charge >= 0.3 is 0 Å². The molecule has 0 unspecified atom stereocenters. The molecule has 2 amide bonds. The van der Waals surface area contributed by atoms with E-state index >= 15 is 0 Å². The molecule has 6 heteroatoms. The first kappa shape index (κ1) is 15.9. The van der Waals surface area contributed by atoms with E-state index in [1.165, 1.54) is 6.92 Å². The Bertz CT molecular complexity index is 788. The number of nitrogens with zero attached hydrogens (tertiary/aromatic N) is 1. The van der Waals surface area contributed by atoms with Crippen LogP contribution in [0.1, 0.15) is 22.8 Å². The van der Waals surface area contributed by atoms with Crippen LogP contribution in [0.15, 0.2) is 42.5 Å². The zero-order chi connectivity index (χ0) is 17.1. The summed E-state index contributed by atoms with van der Waals surface area (Å²) in [6.45, 7) is 2.18. The zero-order valence-corrected chi connectivity index (χ0v) is 13.5. The minimum atomic E-state index is -0.231. The predicted octanol–water partition coefficient (Wildman–Crippen LogP) is 2.65. The third kappa shape index (κ3) is 3.48. The van der Waals surface area contributed by atoms with Gasteiger partial charge in [-0.1, -0.05) is 12.1 Å². The number of carbonyl (C=O) groups excluding carboxylic acids is 2. The van der Waals surface area contributed by atoms with E-state index in [-0.39, 0.29) is 18.6 Å². The van der Waals surface area contributed by atoms with Crippen LogP contribution in [0.2, 0.25) is 0 Å². The van der Waals surface area contributed by atoms with Crippen molar-refractivity contribution in [1.82, 2.24) is 4.90 Å². The highest BCUT2D eigenvalue weighted by atomic mass is 16.7. The quantitative estimate of drug-likeness (QED) is 0.938. The fraction of sp³-hybridized carbons (Fsp3) is 0.222. The molecule has 3 rings (SSSR count). The van der Waals surface area contributed by atoms with Gasteiger partial charge in [-0.15, -0.1) is 0 Å². The molecule has 1 aliphatic heterocycles. The Labute approximate surface area is 140 Å². The number of anilines is 1. The standard InChI is InChI=1S/C18H18N2O4/c1-12(21)20(2)10-13-4-3-5-15(8-13)19-18(22)14-6-7-16-17(9-14)24-11-23-16/h3-9H,10-11H2,1-2H3,(H,19,22). The normalized spacial score (nSPS) is 11.9. The highest BCUT2D eigenvalue weighted by Crippen LogP contribution is 2.32. The van der Waals surface area contributed by atoms with Gasteiger partial charge in [0.1, 0.15) is 0 Å². The van der Waals surface area contributed by atoms with Gasteiger partial charge in [-0.3, -0.25) is 9.59 Å². The number of fused-ring (bicyclic) bond motifs is 1. The molecule has 1 aliphatic rings. The molecule has 0 atom stereocenters. The molecule has 0 spiro atoms. The van der Waals surface area contributed by atoms with Crippen molar-refractivity contribution in [3.8, 4) is 11.5 Å². The molecular formula is C18H18N2O4. The van der Waals surface area contributed by atoms with E-state index in [2.05, 4.69) is 5.32 Å². The number of rotatable bonds is 4. The minimum absolute atomic E-state index is 0.00945. The second-order valence-corrected chi connectivity index (χ2v) is 5.60. The molecule has 0 aliphatic carbocycles. The van der Waals surface area contributed by atoms with E-state index in [9.17, 15) is 9.59 Å². The van der Waals surface area contributed by atoms with Crippen LogP contribution < -0.4 is 14.8 Å². The SMILES string of the molecule is CC(=O)N(C)Cc1cccc(NC(=O)c2ccc3c(c2)OCO3)c1. The maximum Gasteiger partial charge on any atom is 0.255 e. The minimum Gasteiger partial charge on any atom is -0.454 e. The smallest absolute Gasteiger partial charge is 0.255 e. The molecule has 1 heterocycles. The molecule has 0 aromatic heterocycles. The summed E-state index contributed by atoms with van der Waals surface area (Å²) in [5, 5.41) is 2.85. The fourth-order valence-corrected chi connectivity index (χ4v) is 2.37. The van der Waals surface area contributed by atoms with Gasteiger partial charge in [0.05, 0.1) is 0 Å². The van der Waals surface area contributed by atoms with Crippen molar-refractivity contribution in [2.24, 2.45) is 0 Å². The Morgan fingerprint density at radius 3 is 2.71 bits per heavy atom. The molecular weight excluding hydrogens is 308 g/mol. The second-order valence-electron chi connectivity index (χ2n) is 5.60. The van der Waals surface area contributed by atoms with Crippen LogP contribution in [-0.4, -0.2) is 30.6 Å². The Kier molecular flexibility index (Phi) is 4.37. The van der Waals surface area contributed by atoms with Crippen molar-refractivity contribution in [3.63, 3.8) is 0 Å². The average Bonchev–Trinajstić information content (AvgIpc) is 3.02. The second kappa shape index (κ2) is 6.62. The highest BCUT2D eigenvalue weighted by molar-refractivity contribution is 6.04. The molecule has 0 fully saturated rings. The third-order valence-corrected chi connectivity index (χ3v) is 3.78. The van der Waals surface area contributed by atoms with Gasteiger partial charge in [0, 0.05) is 31.8 Å². The van der Waals surface area contributed by atoms with Gasteiger partial charge in [0.25, 0.3) is 5.91 Å². The first-order valence-corrected chi connectivity index (χ1v) is 7.54. The first-order valence-electron chi connectivity index (χ1n) is 7.54. The summed E-state index contributed by atoms with van der Waals surface area (Å²) in [5.41, 5.74) is 2.11. The molecule has 2 aromatic rings. The summed E-state index contributed by atoms with van der Waals surface area (Å²) in [5.74, 6) is 0.968. The van der Waals surface area contributed by atoms with E-state index < -0.39 is 0 Å². The van der Waals surface area contributed by atoms with Crippen LogP contribution in [0.5, 0.6) is 11.5 Å². The lowest BCUT2D eigenvalue weighted by molar-refractivity contribution is -0.128. The molecule has 0 radical (unpaired) electrons.